The predicted molar refractivity (Wildman–Crippen MR) is 99.1 cm³/mol. The molecule has 0 heterocycles. The van der Waals surface area contributed by atoms with Gasteiger partial charge in [0, 0.05) is 0 Å². The highest BCUT2D eigenvalue weighted by atomic mass is 14.1. The molecule has 0 heteroatoms. The van der Waals surface area contributed by atoms with Crippen molar-refractivity contribution < 1.29 is 0 Å². The molecule has 0 amide bonds. The Morgan fingerprint density at radius 2 is 1.55 bits per heavy atom. The van der Waals surface area contributed by atoms with Crippen molar-refractivity contribution in [3.8, 4) is 0 Å². The highest BCUT2D eigenvalue weighted by Gasteiger charge is 2.08. The molecule has 0 fully saturated rings. The van der Waals surface area contributed by atoms with E-state index >= 15 is 0 Å². The van der Waals surface area contributed by atoms with Gasteiger partial charge in [-0.25, -0.2) is 0 Å². The van der Waals surface area contributed by atoms with E-state index in [1.165, 1.54) is 32.7 Å². The number of hydrogen-bond acceptors (Lipinski definition) is 0. The van der Waals surface area contributed by atoms with Gasteiger partial charge in [0.1, 0.15) is 0 Å². The van der Waals surface area contributed by atoms with Gasteiger partial charge in [0.25, 0.3) is 0 Å². The van der Waals surface area contributed by atoms with Gasteiger partial charge in [-0.15, -0.1) is 0 Å². The first kappa shape index (κ1) is 14.3. The third kappa shape index (κ3) is 2.60. The summed E-state index contributed by atoms with van der Waals surface area (Å²) in [6, 6.07) is 19.5. The third-order valence-electron chi connectivity index (χ3n) is 3.83. The van der Waals surface area contributed by atoms with Crippen LogP contribution >= 0.6 is 0 Å². The normalized spacial score (nSPS) is 12.4. The summed E-state index contributed by atoms with van der Waals surface area (Å²) in [5.74, 6) is 0. The standard InChI is InChI=1S/C22H20/c1-4-9-17(14-16(2)3)22-15-18-10-5-6-11-19(18)20-12-7-8-13-21(20)22/h4-15H,2H2,1,3H3/b9-4-,17-14+. The lowest BCUT2D eigenvalue weighted by atomic mass is 9.92. The van der Waals surface area contributed by atoms with Crippen molar-refractivity contribution in [2.75, 3.05) is 0 Å². The largest absolute Gasteiger partial charge is 0.0961 e. The van der Waals surface area contributed by atoms with Gasteiger partial charge in [0.2, 0.25) is 0 Å². The van der Waals surface area contributed by atoms with Gasteiger partial charge in [-0.1, -0.05) is 78.9 Å². The zero-order valence-corrected chi connectivity index (χ0v) is 13.1. The van der Waals surface area contributed by atoms with Crippen molar-refractivity contribution in [3.05, 3.63) is 90.5 Å². The molecule has 108 valence electrons. The van der Waals surface area contributed by atoms with Crippen molar-refractivity contribution >= 4 is 27.1 Å². The van der Waals surface area contributed by atoms with Crippen molar-refractivity contribution in [3.63, 3.8) is 0 Å². The zero-order chi connectivity index (χ0) is 15.5. The zero-order valence-electron chi connectivity index (χ0n) is 13.1. The molecule has 0 aliphatic heterocycles. The molecule has 0 aliphatic rings. The number of allylic oxidation sites excluding steroid dienone is 5. The second kappa shape index (κ2) is 6.03. The van der Waals surface area contributed by atoms with E-state index in [4.69, 9.17) is 0 Å². The van der Waals surface area contributed by atoms with Crippen LogP contribution in [0.3, 0.4) is 0 Å². The number of rotatable bonds is 3. The maximum absolute atomic E-state index is 4.03. The summed E-state index contributed by atoms with van der Waals surface area (Å²) in [6.07, 6.45) is 6.39. The van der Waals surface area contributed by atoms with E-state index in [1.807, 2.05) is 6.92 Å². The number of benzene rings is 3. The molecular formula is C22H20. The molecule has 3 aromatic rings. The van der Waals surface area contributed by atoms with Crippen LogP contribution < -0.4 is 0 Å². The Bertz CT molecular complexity index is 908. The Labute approximate surface area is 132 Å². The summed E-state index contributed by atoms with van der Waals surface area (Å²) in [6.45, 7) is 8.12. The predicted octanol–water partition coefficient (Wildman–Crippen LogP) is 6.53. The van der Waals surface area contributed by atoms with Crippen LogP contribution in [0.4, 0.5) is 0 Å². The fourth-order valence-corrected chi connectivity index (χ4v) is 2.95. The van der Waals surface area contributed by atoms with E-state index < -0.39 is 0 Å². The Kier molecular flexibility index (Phi) is 3.93. The Hall–Kier alpha value is -2.60. The molecule has 0 aliphatic carbocycles. The van der Waals surface area contributed by atoms with Crippen LogP contribution in [0.25, 0.3) is 27.1 Å². The topological polar surface area (TPSA) is 0 Å². The lowest BCUT2D eigenvalue weighted by Crippen LogP contribution is -1.87. The van der Waals surface area contributed by atoms with Crippen LogP contribution in [-0.2, 0) is 0 Å². The fourth-order valence-electron chi connectivity index (χ4n) is 2.95. The molecule has 0 spiro atoms. The molecule has 0 unspecified atom stereocenters. The SMILES string of the molecule is C=C(C)/C=C(\C=C/C)c1cc2ccccc2c2ccccc12. The first-order valence-corrected chi connectivity index (χ1v) is 7.61. The molecule has 0 atom stereocenters. The summed E-state index contributed by atoms with van der Waals surface area (Å²) >= 11 is 0. The molecule has 22 heavy (non-hydrogen) atoms. The van der Waals surface area contributed by atoms with Crippen LogP contribution in [0.5, 0.6) is 0 Å². The average Bonchev–Trinajstić information content (AvgIpc) is 2.53. The van der Waals surface area contributed by atoms with E-state index in [-0.39, 0.29) is 0 Å². The summed E-state index contributed by atoms with van der Waals surface area (Å²) in [5, 5.41) is 5.16. The van der Waals surface area contributed by atoms with Crippen molar-refractivity contribution in [1.29, 1.82) is 0 Å². The summed E-state index contributed by atoms with van der Waals surface area (Å²) in [7, 11) is 0. The molecule has 0 aromatic heterocycles. The first-order chi connectivity index (χ1) is 10.7. The van der Waals surface area contributed by atoms with Crippen LogP contribution in [0.2, 0.25) is 0 Å². The molecule has 0 saturated carbocycles. The Morgan fingerprint density at radius 3 is 2.23 bits per heavy atom. The minimum absolute atomic E-state index is 1.06. The van der Waals surface area contributed by atoms with Crippen molar-refractivity contribution in [2.45, 2.75) is 13.8 Å². The highest BCUT2D eigenvalue weighted by Crippen LogP contribution is 2.33. The molecule has 0 N–H and O–H groups in total. The maximum atomic E-state index is 4.03. The third-order valence-corrected chi connectivity index (χ3v) is 3.83. The molecule has 0 saturated heterocycles. The smallest absolute Gasteiger partial charge is 0.00990 e. The van der Waals surface area contributed by atoms with E-state index in [9.17, 15) is 0 Å². The quantitative estimate of drug-likeness (QED) is 0.379. The van der Waals surface area contributed by atoms with Gasteiger partial charge in [-0.05, 0) is 52.6 Å². The summed E-state index contributed by atoms with van der Waals surface area (Å²) in [4.78, 5) is 0. The van der Waals surface area contributed by atoms with Crippen LogP contribution in [-0.4, -0.2) is 0 Å². The van der Waals surface area contributed by atoms with Gasteiger partial charge in [-0.3, -0.25) is 0 Å². The lowest BCUT2D eigenvalue weighted by Gasteiger charge is -2.12. The second-order valence-corrected chi connectivity index (χ2v) is 5.64. The van der Waals surface area contributed by atoms with E-state index in [0.29, 0.717) is 0 Å². The van der Waals surface area contributed by atoms with Crippen molar-refractivity contribution in [2.24, 2.45) is 0 Å². The molecule has 3 aromatic carbocycles. The highest BCUT2D eigenvalue weighted by molar-refractivity contribution is 6.12. The van der Waals surface area contributed by atoms with Crippen LogP contribution in [0.15, 0.2) is 85.0 Å². The van der Waals surface area contributed by atoms with Crippen LogP contribution in [0, 0.1) is 0 Å². The second-order valence-electron chi connectivity index (χ2n) is 5.64. The monoisotopic (exact) mass is 284 g/mol. The minimum atomic E-state index is 1.06. The molecule has 0 bridgehead atoms. The fraction of sp³-hybridized carbons (Fsp3) is 0.0909. The number of fused-ring (bicyclic) bond motifs is 3. The van der Waals surface area contributed by atoms with Gasteiger partial charge >= 0.3 is 0 Å². The molecular weight excluding hydrogens is 264 g/mol. The van der Waals surface area contributed by atoms with Gasteiger partial charge < -0.3 is 0 Å². The van der Waals surface area contributed by atoms with Gasteiger partial charge in [0.05, 0.1) is 0 Å². The van der Waals surface area contributed by atoms with E-state index in [2.05, 4.69) is 86.3 Å². The maximum Gasteiger partial charge on any atom is -0.00990 e. The van der Waals surface area contributed by atoms with Crippen molar-refractivity contribution in [1.82, 2.24) is 0 Å². The summed E-state index contributed by atoms with van der Waals surface area (Å²) < 4.78 is 0. The molecule has 3 rings (SSSR count). The van der Waals surface area contributed by atoms with E-state index in [0.717, 1.165) is 5.57 Å². The Balaban J connectivity index is 2.43. The molecule has 0 nitrogen and oxygen atoms in total. The van der Waals surface area contributed by atoms with Gasteiger partial charge in [-0.2, -0.15) is 0 Å². The first-order valence-electron chi connectivity index (χ1n) is 7.61. The molecule has 0 radical (unpaired) electrons. The average molecular weight is 284 g/mol. The van der Waals surface area contributed by atoms with Gasteiger partial charge in [0.15, 0.2) is 0 Å². The lowest BCUT2D eigenvalue weighted by molar-refractivity contribution is 1.55. The summed E-state index contributed by atoms with van der Waals surface area (Å²) in [5.41, 5.74) is 3.53. The Morgan fingerprint density at radius 1 is 0.909 bits per heavy atom. The van der Waals surface area contributed by atoms with E-state index in [1.54, 1.807) is 0 Å². The minimum Gasteiger partial charge on any atom is -0.0961 e. The van der Waals surface area contributed by atoms with Crippen LogP contribution in [0.1, 0.15) is 19.4 Å². The number of hydrogen-bond donors (Lipinski definition) is 0.